The van der Waals surface area contributed by atoms with Crippen LogP contribution in [-0.4, -0.2) is 17.3 Å². The van der Waals surface area contributed by atoms with Crippen LogP contribution >= 0.6 is 11.6 Å². The summed E-state index contributed by atoms with van der Waals surface area (Å²) in [6.45, 7) is -2.91. The lowest BCUT2D eigenvalue weighted by atomic mass is 10.1. The molecule has 0 unspecified atom stereocenters. The number of nitrogens with zero attached hydrogens (tertiary/aromatic N) is 1. The molecule has 0 heterocycles. The average molecular weight is 354 g/mol. The Morgan fingerprint density at radius 1 is 1.21 bits per heavy atom. The molecule has 0 radical (unpaired) electrons. The summed E-state index contributed by atoms with van der Waals surface area (Å²) >= 11 is 5.68. The molecule has 124 valence electrons. The van der Waals surface area contributed by atoms with Gasteiger partial charge in [-0.25, -0.2) is 0 Å². The number of ether oxygens (including phenoxy) is 1. The van der Waals surface area contributed by atoms with Crippen LogP contribution in [-0.2, 0) is 0 Å². The summed E-state index contributed by atoms with van der Waals surface area (Å²) in [7, 11) is 0. The Labute approximate surface area is 140 Å². The molecule has 5 nitrogen and oxygen atoms in total. The van der Waals surface area contributed by atoms with Gasteiger partial charge in [-0.1, -0.05) is 29.8 Å². The molecule has 0 amide bonds. The third-order valence-corrected chi connectivity index (χ3v) is 3.28. The van der Waals surface area contributed by atoms with E-state index in [4.69, 9.17) is 11.6 Å². The van der Waals surface area contributed by atoms with Gasteiger partial charge in [-0.3, -0.25) is 14.9 Å². The Balaban J connectivity index is 2.13. The fourth-order valence-electron chi connectivity index (χ4n) is 1.83. The molecule has 0 N–H and O–H groups in total. The van der Waals surface area contributed by atoms with E-state index >= 15 is 0 Å². The molecule has 0 atom stereocenters. The lowest BCUT2D eigenvalue weighted by molar-refractivity contribution is -0.384. The molecule has 2 aromatic carbocycles. The smallest absolute Gasteiger partial charge is 0.387 e. The quantitative estimate of drug-likeness (QED) is 0.325. The van der Waals surface area contributed by atoms with Gasteiger partial charge in [0, 0.05) is 11.6 Å². The molecule has 0 saturated carbocycles. The molecule has 24 heavy (non-hydrogen) atoms. The second kappa shape index (κ2) is 7.65. The Hall–Kier alpha value is -2.80. The van der Waals surface area contributed by atoms with Crippen LogP contribution in [0.2, 0.25) is 5.02 Å². The van der Waals surface area contributed by atoms with Gasteiger partial charge in [0.25, 0.3) is 5.69 Å². The normalized spacial score (nSPS) is 11.0. The molecule has 0 aliphatic rings. The lowest BCUT2D eigenvalue weighted by Gasteiger charge is -2.03. The van der Waals surface area contributed by atoms with Gasteiger partial charge in [-0.2, -0.15) is 8.78 Å². The Bertz CT molecular complexity index is 791. The average Bonchev–Trinajstić information content (AvgIpc) is 2.53. The minimum Gasteiger partial charge on any atom is -0.435 e. The van der Waals surface area contributed by atoms with Crippen LogP contribution in [0.3, 0.4) is 0 Å². The van der Waals surface area contributed by atoms with E-state index in [0.717, 1.165) is 6.07 Å². The van der Waals surface area contributed by atoms with E-state index in [1.165, 1.54) is 48.6 Å². The van der Waals surface area contributed by atoms with Crippen LogP contribution in [0.1, 0.15) is 15.9 Å². The molecule has 0 bridgehead atoms. The second-order valence-corrected chi connectivity index (χ2v) is 4.98. The number of benzene rings is 2. The van der Waals surface area contributed by atoms with Crippen LogP contribution < -0.4 is 4.74 Å². The zero-order valence-electron chi connectivity index (χ0n) is 12.0. The number of carbonyl (C=O) groups is 1. The summed E-state index contributed by atoms with van der Waals surface area (Å²) in [5, 5.41) is 10.8. The maximum Gasteiger partial charge on any atom is 0.387 e. The van der Waals surface area contributed by atoms with E-state index in [2.05, 4.69) is 4.74 Å². The largest absolute Gasteiger partial charge is 0.435 e. The molecule has 0 aliphatic heterocycles. The highest BCUT2D eigenvalue weighted by Crippen LogP contribution is 2.25. The zero-order chi connectivity index (χ0) is 17.7. The van der Waals surface area contributed by atoms with Crippen molar-refractivity contribution in [3.63, 3.8) is 0 Å². The number of allylic oxidation sites excluding steroid dienone is 1. The van der Waals surface area contributed by atoms with Gasteiger partial charge in [0.1, 0.15) is 10.8 Å². The SMILES string of the molecule is O=C(C=Cc1ccc(OC(F)F)cc1)c1ccc(Cl)c([N+](=O)[O-])c1. The summed E-state index contributed by atoms with van der Waals surface area (Å²) in [6.07, 6.45) is 2.67. The number of nitro benzene ring substituents is 1. The van der Waals surface area contributed by atoms with Crippen molar-refractivity contribution >= 4 is 29.1 Å². The van der Waals surface area contributed by atoms with Gasteiger partial charge in [0.2, 0.25) is 0 Å². The summed E-state index contributed by atoms with van der Waals surface area (Å²) in [5.74, 6) is -0.454. The minimum atomic E-state index is -2.91. The third kappa shape index (κ3) is 4.60. The van der Waals surface area contributed by atoms with E-state index in [1.807, 2.05) is 0 Å². The van der Waals surface area contributed by atoms with E-state index < -0.39 is 17.3 Å². The van der Waals surface area contributed by atoms with Gasteiger partial charge >= 0.3 is 6.61 Å². The van der Waals surface area contributed by atoms with Gasteiger partial charge < -0.3 is 4.74 Å². The number of rotatable bonds is 6. The third-order valence-electron chi connectivity index (χ3n) is 2.96. The monoisotopic (exact) mass is 353 g/mol. The first kappa shape index (κ1) is 17.6. The first-order valence-electron chi connectivity index (χ1n) is 6.58. The number of carbonyl (C=O) groups excluding carboxylic acids is 1. The first-order valence-corrected chi connectivity index (χ1v) is 6.96. The number of halogens is 3. The van der Waals surface area contributed by atoms with Crippen molar-refractivity contribution in [3.05, 3.63) is 74.8 Å². The summed E-state index contributed by atoms with van der Waals surface area (Å²) in [4.78, 5) is 22.2. The van der Waals surface area contributed by atoms with Gasteiger partial charge in [0.05, 0.1) is 4.92 Å². The highest BCUT2D eigenvalue weighted by Gasteiger charge is 2.15. The molecular weight excluding hydrogens is 344 g/mol. The molecular formula is C16H10ClF2NO4. The Morgan fingerprint density at radius 3 is 2.46 bits per heavy atom. The number of ketones is 1. The zero-order valence-corrected chi connectivity index (χ0v) is 12.7. The molecule has 2 aromatic rings. The lowest BCUT2D eigenvalue weighted by Crippen LogP contribution is -2.01. The van der Waals surface area contributed by atoms with Crippen molar-refractivity contribution in [1.29, 1.82) is 0 Å². The Kier molecular flexibility index (Phi) is 5.59. The second-order valence-electron chi connectivity index (χ2n) is 4.57. The Morgan fingerprint density at radius 2 is 1.88 bits per heavy atom. The molecule has 0 fully saturated rings. The van der Waals surface area contributed by atoms with Crippen LogP contribution in [0.4, 0.5) is 14.5 Å². The van der Waals surface area contributed by atoms with Crippen LogP contribution in [0.15, 0.2) is 48.5 Å². The van der Waals surface area contributed by atoms with Crippen molar-refractivity contribution in [2.75, 3.05) is 0 Å². The molecule has 2 rings (SSSR count). The van der Waals surface area contributed by atoms with E-state index in [9.17, 15) is 23.7 Å². The maximum atomic E-state index is 12.0. The molecule has 0 spiro atoms. The van der Waals surface area contributed by atoms with E-state index in [0.29, 0.717) is 5.56 Å². The maximum absolute atomic E-state index is 12.0. The van der Waals surface area contributed by atoms with Crippen LogP contribution in [0, 0.1) is 10.1 Å². The predicted octanol–water partition coefficient (Wildman–Crippen LogP) is 4.75. The summed E-state index contributed by atoms with van der Waals surface area (Å²) < 4.78 is 28.3. The fourth-order valence-corrected chi connectivity index (χ4v) is 2.02. The summed E-state index contributed by atoms with van der Waals surface area (Å²) in [6, 6.07) is 9.40. The van der Waals surface area contributed by atoms with Crippen molar-refractivity contribution in [3.8, 4) is 5.75 Å². The highest BCUT2D eigenvalue weighted by molar-refractivity contribution is 6.32. The first-order chi connectivity index (χ1) is 11.4. The standard InChI is InChI=1S/C16H10ClF2NO4/c17-13-7-4-11(9-14(13)20(22)23)15(21)8-3-10-1-5-12(6-2-10)24-16(18)19/h1-9,16H. The van der Waals surface area contributed by atoms with Gasteiger partial charge in [0.15, 0.2) is 5.78 Å². The van der Waals surface area contributed by atoms with Crippen LogP contribution in [0.5, 0.6) is 5.75 Å². The molecule has 0 saturated heterocycles. The number of hydrogen-bond donors (Lipinski definition) is 0. The van der Waals surface area contributed by atoms with Crippen molar-refractivity contribution in [2.24, 2.45) is 0 Å². The highest BCUT2D eigenvalue weighted by atomic mass is 35.5. The minimum absolute atomic E-state index is 0.00167. The van der Waals surface area contributed by atoms with Crippen LogP contribution in [0.25, 0.3) is 6.08 Å². The number of alkyl halides is 2. The molecule has 8 heteroatoms. The van der Waals surface area contributed by atoms with Crippen molar-refractivity contribution < 1.29 is 23.2 Å². The predicted molar refractivity (Wildman–Crippen MR) is 84.5 cm³/mol. The molecule has 0 aromatic heterocycles. The van der Waals surface area contributed by atoms with Gasteiger partial charge in [-0.05, 0) is 35.9 Å². The topological polar surface area (TPSA) is 69.4 Å². The van der Waals surface area contributed by atoms with E-state index in [-0.39, 0.29) is 22.0 Å². The van der Waals surface area contributed by atoms with Crippen molar-refractivity contribution in [2.45, 2.75) is 6.61 Å². The number of nitro groups is 1. The van der Waals surface area contributed by atoms with E-state index in [1.54, 1.807) is 0 Å². The molecule has 0 aliphatic carbocycles. The number of hydrogen-bond acceptors (Lipinski definition) is 4. The van der Waals surface area contributed by atoms with Gasteiger partial charge in [-0.15, -0.1) is 0 Å². The fraction of sp³-hybridized carbons (Fsp3) is 0.0625. The van der Waals surface area contributed by atoms with Crippen molar-refractivity contribution in [1.82, 2.24) is 0 Å². The summed E-state index contributed by atoms with van der Waals surface area (Å²) in [5.41, 5.74) is 0.331.